The van der Waals surface area contributed by atoms with E-state index in [2.05, 4.69) is 0 Å². The van der Waals surface area contributed by atoms with E-state index in [-0.39, 0.29) is 11.2 Å². The van der Waals surface area contributed by atoms with E-state index in [1.54, 1.807) is 0 Å². The van der Waals surface area contributed by atoms with E-state index in [0.717, 1.165) is 18.4 Å². The lowest BCUT2D eigenvalue weighted by atomic mass is 9.83. The molecule has 1 aliphatic rings. The van der Waals surface area contributed by atoms with Gasteiger partial charge in [0.05, 0.1) is 0 Å². The molecule has 0 aromatic heterocycles. The lowest BCUT2D eigenvalue weighted by molar-refractivity contribution is 0.0833. The minimum Gasteiger partial charge on any atom is -0.330 e. The van der Waals surface area contributed by atoms with Crippen LogP contribution in [0, 0.1) is 5.41 Å². The van der Waals surface area contributed by atoms with Crippen molar-refractivity contribution in [2.24, 2.45) is 11.1 Å². The summed E-state index contributed by atoms with van der Waals surface area (Å²) in [5.41, 5.74) is 7.35. The molecule has 0 saturated heterocycles. The lowest BCUT2D eigenvalue weighted by Crippen LogP contribution is -2.27. The van der Waals surface area contributed by atoms with E-state index < -0.39 is 0 Å². The van der Waals surface area contributed by atoms with Gasteiger partial charge in [-0.2, -0.15) is 0 Å². The van der Waals surface area contributed by atoms with Gasteiger partial charge in [0.15, 0.2) is 5.78 Å². The van der Waals surface area contributed by atoms with E-state index in [0.29, 0.717) is 6.54 Å². The van der Waals surface area contributed by atoms with Gasteiger partial charge in [0, 0.05) is 11.0 Å². The zero-order valence-electron chi connectivity index (χ0n) is 10.4. The van der Waals surface area contributed by atoms with Crippen LogP contribution in [0.15, 0.2) is 24.3 Å². The Morgan fingerprint density at radius 1 is 1.31 bits per heavy atom. The number of Topliss-reactive ketones (excluding diaryl/α,β-unsaturated/α-hetero) is 1. The SMILES string of the molecule is CC.CC1(CCN)Cc2ccccc2C1=O. The second kappa shape index (κ2) is 5.26. The summed E-state index contributed by atoms with van der Waals surface area (Å²) >= 11 is 0. The fraction of sp³-hybridized carbons (Fsp3) is 0.500. The van der Waals surface area contributed by atoms with Crippen LogP contribution in [0.25, 0.3) is 0 Å². The first-order valence-electron chi connectivity index (χ1n) is 6.00. The molecule has 0 saturated carbocycles. The summed E-state index contributed by atoms with van der Waals surface area (Å²) in [4.78, 5) is 12.1. The second-order valence-electron chi connectivity index (χ2n) is 4.26. The van der Waals surface area contributed by atoms with Gasteiger partial charge in [-0.15, -0.1) is 0 Å². The number of benzene rings is 1. The van der Waals surface area contributed by atoms with Crippen LogP contribution in [-0.2, 0) is 6.42 Å². The maximum absolute atomic E-state index is 12.1. The third-order valence-electron chi connectivity index (χ3n) is 3.09. The molecular formula is C14H21NO. The molecule has 0 fully saturated rings. The summed E-state index contributed by atoms with van der Waals surface area (Å²) in [5.74, 6) is 0.263. The largest absolute Gasteiger partial charge is 0.330 e. The van der Waals surface area contributed by atoms with Crippen molar-refractivity contribution in [2.45, 2.75) is 33.6 Å². The molecular weight excluding hydrogens is 198 g/mol. The van der Waals surface area contributed by atoms with Crippen LogP contribution in [0.1, 0.15) is 43.1 Å². The van der Waals surface area contributed by atoms with Crippen molar-refractivity contribution < 1.29 is 4.79 Å². The average Bonchev–Trinajstić information content (AvgIpc) is 2.55. The van der Waals surface area contributed by atoms with E-state index >= 15 is 0 Å². The molecule has 1 unspecified atom stereocenters. The number of carbonyl (C=O) groups is 1. The maximum atomic E-state index is 12.1. The molecule has 0 spiro atoms. The Morgan fingerprint density at radius 2 is 1.94 bits per heavy atom. The fourth-order valence-electron chi connectivity index (χ4n) is 2.24. The van der Waals surface area contributed by atoms with Gasteiger partial charge >= 0.3 is 0 Å². The van der Waals surface area contributed by atoms with Crippen molar-refractivity contribution in [3.8, 4) is 0 Å². The standard InChI is InChI=1S/C12H15NO.C2H6/c1-12(6-7-13)8-9-4-2-3-5-10(9)11(12)14;1-2/h2-5H,6-8,13H2,1H3;1-2H3. The highest BCUT2D eigenvalue weighted by Gasteiger charge is 2.40. The number of hydrogen-bond donors (Lipinski definition) is 1. The summed E-state index contributed by atoms with van der Waals surface area (Å²) in [7, 11) is 0. The van der Waals surface area contributed by atoms with E-state index in [1.807, 2.05) is 45.0 Å². The predicted molar refractivity (Wildman–Crippen MR) is 67.6 cm³/mol. The van der Waals surface area contributed by atoms with E-state index in [1.165, 1.54) is 5.56 Å². The van der Waals surface area contributed by atoms with Crippen molar-refractivity contribution in [3.05, 3.63) is 35.4 Å². The highest BCUT2D eigenvalue weighted by molar-refractivity contribution is 6.04. The predicted octanol–water partition coefficient (Wildman–Crippen LogP) is 2.81. The molecule has 0 heterocycles. The average molecular weight is 219 g/mol. The smallest absolute Gasteiger partial charge is 0.169 e. The molecule has 1 aromatic rings. The molecule has 0 amide bonds. The van der Waals surface area contributed by atoms with Gasteiger partial charge in [0.2, 0.25) is 0 Å². The first-order valence-corrected chi connectivity index (χ1v) is 6.00. The fourth-order valence-corrected chi connectivity index (χ4v) is 2.24. The van der Waals surface area contributed by atoms with Gasteiger partial charge in [0.1, 0.15) is 0 Å². The molecule has 1 atom stereocenters. The van der Waals surface area contributed by atoms with Gasteiger partial charge in [-0.1, -0.05) is 45.0 Å². The summed E-state index contributed by atoms with van der Waals surface area (Å²) < 4.78 is 0. The van der Waals surface area contributed by atoms with Gasteiger partial charge in [-0.3, -0.25) is 4.79 Å². The number of carbonyl (C=O) groups excluding carboxylic acids is 1. The van der Waals surface area contributed by atoms with Crippen LogP contribution in [0.5, 0.6) is 0 Å². The first kappa shape index (κ1) is 12.9. The van der Waals surface area contributed by atoms with Crippen molar-refractivity contribution in [3.63, 3.8) is 0 Å². The topological polar surface area (TPSA) is 43.1 Å². The molecule has 2 rings (SSSR count). The Bertz CT molecular complexity index is 373. The Labute approximate surface area is 97.9 Å². The van der Waals surface area contributed by atoms with Crippen molar-refractivity contribution >= 4 is 5.78 Å². The maximum Gasteiger partial charge on any atom is 0.169 e. The molecule has 1 aromatic carbocycles. The third kappa shape index (κ3) is 2.17. The Balaban J connectivity index is 0.000000606. The van der Waals surface area contributed by atoms with Gasteiger partial charge in [-0.25, -0.2) is 0 Å². The summed E-state index contributed by atoms with van der Waals surface area (Å²) in [6.07, 6.45) is 1.62. The van der Waals surface area contributed by atoms with Gasteiger partial charge in [-0.05, 0) is 24.9 Å². The Hall–Kier alpha value is -1.15. The third-order valence-corrected chi connectivity index (χ3v) is 3.09. The normalized spacial score (nSPS) is 22.4. The Kier molecular flexibility index (Phi) is 4.25. The van der Waals surface area contributed by atoms with Crippen LogP contribution in [-0.4, -0.2) is 12.3 Å². The van der Waals surface area contributed by atoms with Crippen molar-refractivity contribution in [1.82, 2.24) is 0 Å². The molecule has 16 heavy (non-hydrogen) atoms. The van der Waals surface area contributed by atoms with Crippen LogP contribution >= 0.6 is 0 Å². The monoisotopic (exact) mass is 219 g/mol. The second-order valence-corrected chi connectivity index (χ2v) is 4.26. The summed E-state index contributed by atoms with van der Waals surface area (Å²) in [6, 6.07) is 7.86. The highest BCUT2D eigenvalue weighted by atomic mass is 16.1. The molecule has 2 N–H and O–H groups in total. The minimum absolute atomic E-state index is 0.252. The van der Waals surface area contributed by atoms with Crippen molar-refractivity contribution in [2.75, 3.05) is 6.54 Å². The lowest BCUT2D eigenvalue weighted by Gasteiger charge is -2.20. The minimum atomic E-state index is -0.252. The quantitative estimate of drug-likeness (QED) is 0.831. The number of nitrogens with two attached hydrogens (primary N) is 1. The number of rotatable bonds is 2. The highest BCUT2D eigenvalue weighted by Crippen LogP contribution is 2.38. The van der Waals surface area contributed by atoms with Gasteiger partial charge < -0.3 is 5.73 Å². The molecule has 0 radical (unpaired) electrons. The number of fused-ring (bicyclic) bond motifs is 1. The number of hydrogen-bond acceptors (Lipinski definition) is 2. The van der Waals surface area contributed by atoms with Crippen LogP contribution in [0.2, 0.25) is 0 Å². The molecule has 1 aliphatic carbocycles. The molecule has 0 aliphatic heterocycles. The zero-order valence-corrected chi connectivity index (χ0v) is 10.4. The van der Waals surface area contributed by atoms with Crippen molar-refractivity contribution in [1.29, 1.82) is 0 Å². The number of ketones is 1. The van der Waals surface area contributed by atoms with Crippen LogP contribution in [0.3, 0.4) is 0 Å². The molecule has 0 bridgehead atoms. The van der Waals surface area contributed by atoms with Crippen LogP contribution in [0.4, 0.5) is 0 Å². The molecule has 2 nitrogen and oxygen atoms in total. The van der Waals surface area contributed by atoms with Crippen LogP contribution < -0.4 is 5.73 Å². The van der Waals surface area contributed by atoms with E-state index in [9.17, 15) is 4.79 Å². The molecule has 88 valence electrons. The first-order chi connectivity index (χ1) is 7.67. The zero-order chi connectivity index (χ0) is 12.2. The summed E-state index contributed by atoms with van der Waals surface area (Å²) in [5, 5.41) is 0. The Morgan fingerprint density at radius 3 is 2.50 bits per heavy atom. The molecule has 2 heteroatoms. The summed E-state index contributed by atoms with van der Waals surface area (Å²) in [6.45, 7) is 6.60. The van der Waals surface area contributed by atoms with Gasteiger partial charge in [0.25, 0.3) is 0 Å². The van der Waals surface area contributed by atoms with E-state index in [4.69, 9.17) is 5.73 Å².